The van der Waals surface area contributed by atoms with Gasteiger partial charge in [-0.05, 0) is 36.6 Å². The van der Waals surface area contributed by atoms with Gasteiger partial charge in [0.25, 0.3) is 0 Å². The van der Waals surface area contributed by atoms with E-state index in [0.717, 1.165) is 11.1 Å². The molecular formula is C16H15N3O. The topological polar surface area (TPSA) is 65.8 Å². The maximum absolute atomic E-state index is 12.1. The molecule has 0 saturated carbocycles. The highest BCUT2D eigenvalue weighted by Gasteiger charge is 2.18. The summed E-state index contributed by atoms with van der Waals surface area (Å²) in [6.07, 6.45) is 2.03. The quantitative estimate of drug-likeness (QED) is 0.924. The lowest BCUT2D eigenvalue weighted by atomic mass is 10.00. The fourth-order valence-electron chi connectivity index (χ4n) is 1.86. The van der Waals surface area contributed by atoms with Crippen LogP contribution < -0.4 is 5.32 Å². The van der Waals surface area contributed by atoms with Crippen molar-refractivity contribution in [2.45, 2.75) is 13.3 Å². The van der Waals surface area contributed by atoms with Gasteiger partial charge in [-0.25, -0.2) is 4.98 Å². The molecule has 4 nitrogen and oxygen atoms in total. The van der Waals surface area contributed by atoms with Gasteiger partial charge in [-0.1, -0.05) is 30.3 Å². The molecule has 1 aromatic heterocycles. The number of anilines is 1. The zero-order valence-electron chi connectivity index (χ0n) is 11.2. The fraction of sp³-hybridized carbons (Fsp3) is 0.188. The van der Waals surface area contributed by atoms with Crippen LogP contribution in [0.4, 0.5) is 5.82 Å². The first-order valence-corrected chi connectivity index (χ1v) is 6.36. The number of rotatable bonds is 4. The molecule has 1 unspecified atom stereocenters. The van der Waals surface area contributed by atoms with Crippen LogP contribution in [0.15, 0.2) is 48.7 Å². The third kappa shape index (κ3) is 3.66. The summed E-state index contributed by atoms with van der Waals surface area (Å²) in [5, 5.41) is 11.8. The molecular weight excluding hydrogens is 250 g/mol. The Balaban J connectivity index is 2.05. The third-order valence-corrected chi connectivity index (χ3v) is 2.92. The Hall–Kier alpha value is -2.67. The van der Waals surface area contributed by atoms with Gasteiger partial charge in [-0.2, -0.15) is 5.26 Å². The molecule has 0 aliphatic carbocycles. The number of nitrogens with zero attached hydrogens (tertiary/aromatic N) is 2. The first kappa shape index (κ1) is 13.8. The number of nitriles is 1. The summed E-state index contributed by atoms with van der Waals surface area (Å²) >= 11 is 0. The van der Waals surface area contributed by atoms with Crippen LogP contribution in [0.5, 0.6) is 0 Å². The average Bonchev–Trinajstić information content (AvgIpc) is 2.45. The monoisotopic (exact) mass is 265 g/mol. The zero-order valence-corrected chi connectivity index (χ0v) is 11.2. The molecule has 0 aliphatic rings. The van der Waals surface area contributed by atoms with E-state index in [4.69, 9.17) is 5.26 Å². The minimum absolute atomic E-state index is 0.325. The van der Waals surface area contributed by atoms with Crippen LogP contribution in [0.3, 0.4) is 0 Å². The first-order chi connectivity index (χ1) is 9.69. The van der Waals surface area contributed by atoms with Crippen molar-refractivity contribution in [1.29, 1.82) is 5.26 Å². The van der Waals surface area contributed by atoms with E-state index in [0.29, 0.717) is 12.2 Å². The van der Waals surface area contributed by atoms with Crippen LogP contribution in [0.1, 0.15) is 11.1 Å². The molecule has 100 valence electrons. The summed E-state index contributed by atoms with van der Waals surface area (Å²) in [6, 6.07) is 15.2. The van der Waals surface area contributed by atoms with Crippen molar-refractivity contribution >= 4 is 11.7 Å². The number of pyridine rings is 1. The van der Waals surface area contributed by atoms with Gasteiger partial charge in [-0.3, -0.25) is 4.79 Å². The number of nitrogens with one attached hydrogen (secondary N) is 1. The Bertz CT molecular complexity index is 632. The van der Waals surface area contributed by atoms with Crippen LogP contribution in [0.2, 0.25) is 0 Å². The normalized spacial score (nSPS) is 11.4. The number of aryl methyl sites for hydroxylation is 1. The molecule has 0 spiro atoms. The Labute approximate surface area is 118 Å². The maximum atomic E-state index is 12.1. The van der Waals surface area contributed by atoms with E-state index < -0.39 is 5.92 Å². The standard InChI is InChI=1S/C16H15N3O/c1-12-7-8-18-15(9-12)19-16(20)14(11-17)10-13-5-3-2-4-6-13/h2-9,14H,10H2,1H3,(H,18,19,20). The largest absolute Gasteiger partial charge is 0.310 e. The van der Waals surface area contributed by atoms with E-state index in [1.165, 1.54) is 0 Å². The number of aromatic nitrogens is 1. The molecule has 1 N–H and O–H groups in total. The molecule has 2 rings (SSSR count). The van der Waals surface area contributed by atoms with E-state index in [2.05, 4.69) is 10.3 Å². The van der Waals surface area contributed by atoms with Crippen LogP contribution in [0.25, 0.3) is 0 Å². The van der Waals surface area contributed by atoms with Crippen molar-refractivity contribution < 1.29 is 4.79 Å². The van der Waals surface area contributed by atoms with Crippen molar-refractivity contribution in [2.75, 3.05) is 5.32 Å². The van der Waals surface area contributed by atoms with Gasteiger partial charge in [0, 0.05) is 6.20 Å². The molecule has 1 aromatic carbocycles. The van der Waals surface area contributed by atoms with E-state index >= 15 is 0 Å². The van der Waals surface area contributed by atoms with Crippen molar-refractivity contribution in [1.82, 2.24) is 4.98 Å². The van der Waals surface area contributed by atoms with Crippen molar-refractivity contribution in [2.24, 2.45) is 5.92 Å². The van der Waals surface area contributed by atoms with Crippen molar-refractivity contribution in [3.8, 4) is 6.07 Å². The molecule has 0 fully saturated rings. The molecule has 2 aromatic rings. The molecule has 1 amide bonds. The van der Waals surface area contributed by atoms with E-state index in [-0.39, 0.29) is 5.91 Å². The molecule has 4 heteroatoms. The smallest absolute Gasteiger partial charge is 0.243 e. The van der Waals surface area contributed by atoms with Crippen molar-refractivity contribution in [3.05, 3.63) is 59.8 Å². The highest BCUT2D eigenvalue weighted by atomic mass is 16.1. The Kier molecular flexibility index (Phi) is 4.46. The van der Waals surface area contributed by atoms with E-state index in [9.17, 15) is 4.79 Å². The molecule has 1 heterocycles. The lowest BCUT2D eigenvalue weighted by Gasteiger charge is -2.10. The number of benzene rings is 1. The highest BCUT2D eigenvalue weighted by Crippen LogP contribution is 2.12. The fourth-order valence-corrected chi connectivity index (χ4v) is 1.86. The molecule has 0 saturated heterocycles. The summed E-state index contributed by atoms with van der Waals surface area (Å²) < 4.78 is 0. The minimum atomic E-state index is -0.722. The van der Waals surface area contributed by atoms with Gasteiger partial charge in [0.15, 0.2) is 0 Å². The van der Waals surface area contributed by atoms with Crippen LogP contribution in [0, 0.1) is 24.2 Å². The van der Waals surface area contributed by atoms with Crippen molar-refractivity contribution in [3.63, 3.8) is 0 Å². The summed E-state index contributed by atoms with van der Waals surface area (Å²) in [4.78, 5) is 16.1. The lowest BCUT2D eigenvalue weighted by Crippen LogP contribution is -2.24. The van der Waals surface area contributed by atoms with E-state index in [1.807, 2.05) is 49.4 Å². The van der Waals surface area contributed by atoms with Gasteiger partial charge >= 0.3 is 0 Å². The predicted octanol–water partition coefficient (Wildman–Crippen LogP) is 2.71. The van der Waals surface area contributed by atoms with Gasteiger partial charge < -0.3 is 5.32 Å². The molecule has 0 bridgehead atoms. The van der Waals surface area contributed by atoms with Crippen LogP contribution in [-0.4, -0.2) is 10.9 Å². The minimum Gasteiger partial charge on any atom is -0.310 e. The number of hydrogen-bond donors (Lipinski definition) is 1. The highest BCUT2D eigenvalue weighted by molar-refractivity contribution is 5.93. The van der Waals surface area contributed by atoms with E-state index in [1.54, 1.807) is 12.3 Å². The van der Waals surface area contributed by atoms with Gasteiger partial charge in [0.1, 0.15) is 11.7 Å². The first-order valence-electron chi connectivity index (χ1n) is 6.36. The van der Waals surface area contributed by atoms with Gasteiger partial charge in [-0.15, -0.1) is 0 Å². The number of hydrogen-bond acceptors (Lipinski definition) is 3. The van der Waals surface area contributed by atoms with Gasteiger partial charge in [0.05, 0.1) is 6.07 Å². The summed E-state index contributed by atoms with van der Waals surface area (Å²) in [6.45, 7) is 1.92. The second kappa shape index (κ2) is 6.48. The summed E-state index contributed by atoms with van der Waals surface area (Å²) in [7, 11) is 0. The Morgan fingerprint density at radius 1 is 1.35 bits per heavy atom. The molecule has 0 aliphatic heterocycles. The van der Waals surface area contributed by atoms with Crippen LogP contribution in [-0.2, 0) is 11.2 Å². The second-order valence-electron chi connectivity index (χ2n) is 4.58. The number of amides is 1. The second-order valence-corrected chi connectivity index (χ2v) is 4.58. The van der Waals surface area contributed by atoms with Gasteiger partial charge in [0.2, 0.25) is 5.91 Å². The lowest BCUT2D eigenvalue weighted by molar-refractivity contribution is -0.118. The Morgan fingerprint density at radius 3 is 2.75 bits per heavy atom. The van der Waals surface area contributed by atoms with Crippen LogP contribution >= 0.6 is 0 Å². The molecule has 0 radical (unpaired) electrons. The summed E-state index contributed by atoms with van der Waals surface area (Å²) in [5.41, 5.74) is 1.97. The predicted molar refractivity (Wildman–Crippen MR) is 76.9 cm³/mol. The molecule has 1 atom stereocenters. The molecule has 20 heavy (non-hydrogen) atoms. The third-order valence-electron chi connectivity index (χ3n) is 2.92. The summed E-state index contributed by atoms with van der Waals surface area (Å²) in [5.74, 6) is -0.572. The zero-order chi connectivity index (χ0) is 14.4. The maximum Gasteiger partial charge on any atom is 0.243 e. The number of carbonyl (C=O) groups is 1. The average molecular weight is 265 g/mol. The number of carbonyl (C=O) groups excluding carboxylic acids is 1. The SMILES string of the molecule is Cc1ccnc(NC(=O)C(C#N)Cc2ccccc2)c1. The Morgan fingerprint density at radius 2 is 2.10 bits per heavy atom.